The third kappa shape index (κ3) is 6.42. The Hall–Kier alpha value is -0.160. The van der Waals surface area contributed by atoms with Crippen LogP contribution >= 0.6 is 0 Å². The highest BCUT2D eigenvalue weighted by molar-refractivity contribution is 4.93. The quantitative estimate of drug-likeness (QED) is 0.650. The molecule has 2 N–H and O–H groups in total. The van der Waals surface area contributed by atoms with Crippen molar-refractivity contribution in [3.05, 3.63) is 0 Å². The summed E-state index contributed by atoms with van der Waals surface area (Å²) in [5.74, 6) is 3.08. The molecular weight excluding hydrogens is 340 g/mol. The van der Waals surface area contributed by atoms with Crippen molar-refractivity contribution in [2.75, 3.05) is 13.2 Å². The summed E-state index contributed by atoms with van der Waals surface area (Å²) < 4.78 is 13.0. The lowest BCUT2D eigenvalue weighted by Crippen LogP contribution is -2.49. The van der Waals surface area contributed by atoms with Gasteiger partial charge >= 0.3 is 0 Å². The first-order chi connectivity index (χ1) is 12.6. The molecule has 0 amide bonds. The molecule has 7 unspecified atom stereocenters. The average Bonchev–Trinajstić information content (AvgIpc) is 2.58. The molecule has 2 fully saturated rings. The second-order valence-corrected chi connectivity index (χ2v) is 10.3. The molecule has 0 aromatic carbocycles. The molecule has 2 saturated carbocycles. The molecule has 4 nitrogen and oxygen atoms in total. The predicted molar refractivity (Wildman–Crippen MR) is 110 cm³/mol. The van der Waals surface area contributed by atoms with Gasteiger partial charge in [-0.2, -0.15) is 0 Å². The van der Waals surface area contributed by atoms with Crippen LogP contribution in [-0.2, 0) is 9.47 Å². The van der Waals surface area contributed by atoms with Crippen molar-refractivity contribution < 1.29 is 19.7 Å². The van der Waals surface area contributed by atoms with Gasteiger partial charge in [0.05, 0.1) is 31.0 Å². The van der Waals surface area contributed by atoms with Gasteiger partial charge < -0.3 is 19.7 Å². The molecule has 7 atom stereocenters. The van der Waals surface area contributed by atoms with E-state index >= 15 is 0 Å². The summed E-state index contributed by atoms with van der Waals surface area (Å²) in [4.78, 5) is 0. The normalized spacial score (nSPS) is 39.1. The number of aliphatic hydroxyl groups excluding tert-OH is 2. The lowest BCUT2D eigenvalue weighted by atomic mass is 9.71. The zero-order valence-corrected chi connectivity index (χ0v) is 18.5. The van der Waals surface area contributed by atoms with E-state index in [1.165, 1.54) is 19.3 Å². The van der Waals surface area contributed by atoms with E-state index < -0.39 is 6.10 Å². The fourth-order valence-electron chi connectivity index (χ4n) is 5.29. The third-order valence-corrected chi connectivity index (χ3v) is 7.08. The number of ether oxygens (including phenoxy) is 2. The van der Waals surface area contributed by atoms with Crippen LogP contribution in [0.2, 0.25) is 0 Å². The second-order valence-electron chi connectivity index (χ2n) is 10.3. The zero-order valence-electron chi connectivity index (χ0n) is 18.5. The Morgan fingerprint density at radius 1 is 1.00 bits per heavy atom. The van der Waals surface area contributed by atoms with Crippen molar-refractivity contribution in [1.29, 1.82) is 0 Å². The van der Waals surface area contributed by atoms with Crippen molar-refractivity contribution in [3.63, 3.8) is 0 Å². The highest BCUT2D eigenvalue weighted by Crippen LogP contribution is 2.44. The topological polar surface area (TPSA) is 58.9 Å². The van der Waals surface area contributed by atoms with E-state index in [0.29, 0.717) is 29.8 Å². The van der Waals surface area contributed by atoms with Crippen LogP contribution in [0.25, 0.3) is 0 Å². The van der Waals surface area contributed by atoms with Crippen LogP contribution in [0.1, 0.15) is 80.1 Å². The van der Waals surface area contributed by atoms with Gasteiger partial charge in [-0.05, 0) is 62.2 Å². The monoisotopic (exact) mass is 384 g/mol. The van der Waals surface area contributed by atoms with E-state index in [9.17, 15) is 5.11 Å². The maximum absolute atomic E-state index is 9.72. The van der Waals surface area contributed by atoms with Crippen molar-refractivity contribution >= 4 is 0 Å². The average molecular weight is 385 g/mol. The van der Waals surface area contributed by atoms with Crippen molar-refractivity contribution in [3.8, 4) is 0 Å². The molecular formula is C23H44O4. The Bertz CT molecular complexity index is 438. The summed E-state index contributed by atoms with van der Waals surface area (Å²) >= 11 is 0. The standard InChI is InChI=1S/C23H44O4/c1-15(2)19-8-7-17(5)11-21(19)27-23(6)10-9-20(16(3)4)22(12-23)26-14-18(25)13-24/h15-22,24-25H,7-14H2,1-6H3. The van der Waals surface area contributed by atoms with Crippen molar-refractivity contribution in [2.45, 2.75) is 104 Å². The molecule has 0 bridgehead atoms. The van der Waals surface area contributed by atoms with E-state index in [1.807, 2.05) is 0 Å². The Morgan fingerprint density at radius 2 is 1.63 bits per heavy atom. The summed E-state index contributed by atoms with van der Waals surface area (Å²) in [6.45, 7) is 13.7. The molecule has 2 rings (SSSR count). The van der Waals surface area contributed by atoms with E-state index in [1.54, 1.807) is 0 Å². The van der Waals surface area contributed by atoms with E-state index in [4.69, 9.17) is 14.6 Å². The molecule has 27 heavy (non-hydrogen) atoms. The molecule has 2 aliphatic carbocycles. The van der Waals surface area contributed by atoms with Crippen LogP contribution in [0.15, 0.2) is 0 Å². The van der Waals surface area contributed by atoms with Crippen LogP contribution < -0.4 is 0 Å². The van der Waals surface area contributed by atoms with Gasteiger partial charge in [-0.15, -0.1) is 0 Å². The fourth-order valence-corrected chi connectivity index (χ4v) is 5.29. The summed E-state index contributed by atoms with van der Waals surface area (Å²) in [6, 6.07) is 0. The Kier molecular flexibility index (Phi) is 8.60. The fraction of sp³-hybridized carbons (Fsp3) is 1.00. The van der Waals surface area contributed by atoms with E-state index in [0.717, 1.165) is 25.2 Å². The maximum atomic E-state index is 9.72. The molecule has 0 radical (unpaired) electrons. The van der Waals surface area contributed by atoms with Gasteiger partial charge in [0.25, 0.3) is 0 Å². The Balaban J connectivity index is 2.06. The Morgan fingerprint density at radius 3 is 2.22 bits per heavy atom. The minimum atomic E-state index is -0.795. The predicted octanol–water partition coefficient (Wildman–Crippen LogP) is 4.42. The van der Waals surface area contributed by atoms with Crippen LogP contribution in [-0.4, -0.2) is 47.3 Å². The highest BCUT2D eigenvalue weighted by atomic mass is 16.5. The third-order valence-electron chi connectivity index (χ3n) is 7.08. The summed E-state index contributed by atoms with van der Waals surface area (Å²) in [5.41, 5.74) is -0.158. The molecule has 0 spiro atoms. The SMILES string of the molecule is CC1CCC(C(C)C)C(OC2(C)CCC(C(C)C)C(OCC(O)CO)C2)C1. The number of hydrogen-bond donors (Lipinski definition) is 2. The van der Waals surface area contributed by atoms with E-state index in [-0.39, 0.29) is 24.9 Å². The summed E-state index contributed by atoms with van der Waals surface area (Å²) in [7, 11) is 0. The lowest BCUT2D eigenvalue weighted by Gasteiger charge is -2.48. The smallest absolute Gasteiger partial charge is 0.100 e. The van der Waals surface area contributed by atoms with Crippen LogP contribution in [0.5, 0.6) is 0 Å². The van der Waals surface area contributed by atoms with Crippen LogP contribution in [0.4, 0.5) is 0 Å². The van der Waals surface area contributed by atoms with Gasteiger partial charge in [0.1, 0.15) is 6.10 Å². The highest BCUT2D eigenvalue weighted by Gasteiger charge is 2.43. The largest absolute Gasteiger partial charge is 0.394 e. The molecule has 0 aromatic heterocycles. The van der Waals surface area contributed by atoms with Crippen molar-refractivity contribution in [2.24, 2.45) is 29.6 Å². The Labute approximate surface area is 167 Å². The second kappa shape index (κ2) is 10.0. The van der Waals surface area contributed by atoms with Crippen LogP contribution in [0, 0.1) is 29.6 Å². The number of aliphatic hydroxyl groups is 2. The number of rotatable bonds is 8. The molecule has 0 aromatic rings. The minimum absolute atomic E-state index is 0.0865. The van der Waals surface area contributed by atoms with Gasteiger partial charge in [0.15, 0.2) is 0 Å². The van der Waals surface area contributed by atoms with Gasteiger partial charge in [-0.1, -0.05) is 41.0 Å². The van der Waals surface area contributed by atoms with Gasteiger partial charge in [0, 0.05) is 6.42 Å². The van der Waals surface area contributed by atoms with E-state index in [2.05, 4.69) is 41.5 Å². The van der Waals surface area contributed by atoms with Gasteiger partial charge in [-0.25, -0.2) is 0 Å². The zero-order chi connectivity index (χ0) is 20.2. The van der Waals surface area contributed by atoms with Gasteiger partial charge in [-0.3, -0.25) is 0 Å². The molecule has 2 aliphatic rings. The van der Waals surface area contributed by atoms with Gasteiger partial charge in [0.2, 0.25) is 0 Å². The molecule has 160 valence electrons. The first kappa shape index (κ1) is 23.1. The minimum Gasteiger partial charge on any atom is -0.394 e. The molecule has 0 aliphatic heterocycles. The lowest BCUT2D eigenvalue weighted by molar-refractivity contribution is -0.182. The van der Waals surface area contributed by atoms with Crippen molar-refractivity contribution in [1.82, 2.24) is 0 Å². The first-order valence-corrected chi connectivity index (χ1v) is 11.2. The maximum Gasteiger partial charge on any atom is 0.100 e. The summed E-state index contributed by atoms with van der Waals surface area (Å²) in [5, 5.41) is 18.8. The molecule has 0 heterocycles. The molecule has 0 saturated heterocycles. The molecule has 4 heteroatoms. The number of hydrogen-bond acceptors (Lipinski definition) is 4. The summed E-state index contributed by atoms with van der Waals surface area (Å²) in [6.07, 6.45) is 6.45. The first-order valence-electron chi connectivity index (χ1n) is 11.2. The van der Waals surface area contributed by atoms with Crippen LogP contribution in [0.3, 0.4) is 0 Å².